The van der Waals surface area contributed by atoms with E-state index < -0.39 is 9.84 Å². The summed E-state index contributed by atoms with van der Waals surface area (Å²) in [5.41, 5.74) is 1.68. The molecule has 1 heterocycles. The van der Waals surface area contributed by atoms with Crippen LogP contribution in [0.5, 0.6) is 0 Å². The van der Waals surface area contributed by atoms with Crippen LogP contribution < -0.4 is 5.32 Å². The van der Waals surface area contributed by atoms with Gasteiger partial charge in [-0.3, -0.25) is 0 Å². The van der Waals surface area contributed by atoms with Crippen LogP contribution in [-0.2, 0) is 9.84 Å². The van der Waals surface area contributed by atoms with Crippen LogP contribution in [-0.4, -0.2) is 36.2 Å². The molecule has 1 N–H and O–H groups in total. The molecule has 3 rings (SSSR count). The van der Waals surface area contributed by atoms with Crippen molar-refractivity contribution >= 4 is 15.5 Å². The molecule has 1 aliphatic carbocycles. The molecule has 21 heavy (non-hydrogen) atoms. The molecule has 0 saturated heterocycles. The Kier molecular flexibility index (Phi) is 3.67. The van der Waals surface area contributed by atoms with E-state index in [-0.39, 0.29) is 11.3 Å². The Morgan fingerprint density at radius 1 is 1.33 bits per heavy atom. The number of nitrogens with zero attached hydrogens (tertiary/aromatic N) is 2. The fourth-order valence-electron chi connectivity index (χ4n) is 2.86. The highest BCUT2D eigenvalue weighted by Crippen LogP contribution is 2.29. The minimum absolute atomic E-state index is 0.0436. The molecule has 2 aromatic rings. The highest BCUT2D eigenvalue weighted by Gasteiger charge is 2.34. The first-order chi connectivity index (χ1) is 10.0. The molecule has 1 aromatic carbocycles. The van der Waals surface area contributed by atoms with Gasteiger partial charge in [-0.1, -0.05) is 6.07 Å². The van der Waals surface area contributed by atoms with Gasteiger partial charge in [0.25, 0.3) is 0 Å². The second-order valence-corrected chi connectivity index (χ2v) is 7.64. The molecule has 2 unspecified atom stereocenters. The van der Waals surface area contributed by atoms with Gasteiger partial charge in [0.1, 0.15) is 0 Å². The van der Waals surface area contributed by atoms with Crippen LogP contribution in [0, 0.1) is 0 Å². The summed E-state index contributed by atoms with van der Waals surface area (Å²) in [7, 11) is -3.03. The standard InChI is InChI=1S/C14H17N3O3S/c1-21(18,19)13-7-3-6-12(13)16-11-5-2-4-10(8-11)14-17-15-9-20-14/h2,4-5,8-9,12-13,16H,3,6-7H2,1H3. The largest absolute Gasteiger partial charge is 0.423 e. The predicted octanol–water partition coefficient (Wildman–Crippen LogP) is 2.11. The second-order valence-electron chi connectivity index (χ2n) is 5.37. The average molecular weight is 307 g/mol. The van der Waals surface area contributed by atoms with Crippen LogP contribution in [0.4, 0.5) is 5.69 Å². The number of hydrogen-bond acceptors (Lipinski definition) is 6. The molecule has 0 amide bonds. The van der Waals surface area contributed by atoms with E-state index >= 15 is 0 Å². The van der Waals surface area contributed by atoms with Gasteiger partial charge in [-0.25, -0.2) is 8.42 Å². The lowest BCUT2D eigenvalue weighted by molar-refractivity contribution is 0.568. The zero-order chi connectivity index (χ0) is 14.9. The van der Waals surface area contributed by atoms with Crippen LogP contribution in [0.15, 0.2) is 35.1 Å². The molecule has 0 spiro atoms. The number of anilines is 1. The first-order valence-electron chi connectivity index (χ1n) is 6.86. The van der Waals surface area contributed by atoms with Gasteiger partial charge in [-0.05, 0) is 37.5 Å². The van der Waals surface area contributed by atoms with Crippen molar-refractivity contribution in [2.75, 3.05) is 11.6 Å². The molecule has 0 bridgehead atoms. The molecule has 1 saturated carbocycles. The topological polar surface area (TPSA) is 85.1 Å². The SMILES string of the molecule is CS(=O)(=O)C1CCCC1Nc1cccc(-c2nnco2)c1. The Morgan fingerprint density at radius 3 is 2.90 bits per heavy atom. The number of hydrogen-bond donors (Lipinski definition) is 1. The summed E-state index contributed by atoms with van der Waals surface area (Å²) in [5, 5.41) is 10.5. The summed E-state index contributed by atoms with van der Waals surface area (Å²) in [4.78, 5) is 0. The molecule has 6 nitrogen and oxygen atoms in total. The number of sulfone groups is 1. The first-order valence-corrected chi connectivity index (χ1v) is 8.81. The smallest absolute Gasteiger partial charge is 0.247 e. The fraction of sp³-hybridized carbons (Fsp3) is 0.429. The first kappa shape index (κ1) is 14.1. The summed E-state index contributed by atoms with van der Waals surface area (Å²) >= 11 is 0. The lowest BCUT2D eigenvalue weighted by atomic mass is 10.1. The maximum Gasteiger partial charge on any atom is 0.247 e. The zero-order valence-electron chi connectivity index (χ0n) is 11.7. The summed E-state index contributed by atoms with van der Waals surface area (Å²) < 4.78 is 28.8. The number of nitrogens with one attached hydrogen (secondary N) is 1. The van der Waals surface area contributed by atoms with Gasteiger partial charge in [0.15, 0.2) is 9.84 Å². The normalized spacial score (nSPS) is 22.3. The van der Waals surface area contributed by atoms with Crippen molar-refractivity contribution in [3.63, 3.8) is 0 Å². The van der Waals surface area contributed by atoms with E-state index in [4.69, 9.17) is 4.42 Å². The Bertz CT molecular complexity index is 713. The third-order valence-electron chi connectivity index (χ3n) is 3.82. The summed E-state index contributed by atoms with van der Waals surface area (Å²) in [6.07, 6.45) is 5.11. The van der Waals surface area contributed by atoms with Crippen molar-refractivity contribution in [2.24, 2.45) is 0 Å². The maximum absolute atomic E-state index is 11.8. The Morgan fingerprint density at radius 2 is 2.19 bits per heavy atom. The zero-order valence-corrected chi connectivity index (χ0v) is 12.5. The van der Waals surface area contributed by atoms with Crippen LogP contribution in [0.2, 0.25) is 0 Å². The van der Waals surface area contributed by atoms with Gasteiger partial charge in [0, 0.05) is 23.5 Å². The van der Waals surface area contributed by atoms with Crippen molar-refractivity contribution in [2.45, 2.75) is 30.6 Å². The number of benzene rings is 1. The van der Waals surface area contributed by atoms with Gasteiger partial charge in [-0.2, -0.15) is 0 Å². The highest BCUT2D eigenvalue weighted by atomic mass is 32.2. The molecular weight excluding hydrogens is 290 g/mol. The molecule has 1 fully saturated rings. The van der Waals surface area contributed by atoms with Crippen molar-refractivity contribution in [3.05, 3.63) is 30.7 Å². The average Bonchev–Trinajstić information content (AvgIpc) is 3.09. The quantitative estimate of drug-likeness (QED) is 0.931. The lowest BCUT2D eigenvalue weighted by Crippen LogP contribution is -2.34. The molecule has 112 valence electrons. The van der Waals surface area contributed by atoms with Crippen LogP contribution in [0.3, 0.4) is 0 Å². The van der Waals surface area contributed by atoms with Crippen molar-refractivity contribution in [3.8, 4) is 11.5 Å². The van der Waals surface area contributed by atoms with Crippen molar-refractivity contribution < 1.29 is 12.8 Å². The molecular formula is C14H17N3O3S. The highest BCUT2D eigenvalue weighted by molar-refractivity contribution is 7.91. The molecule has 7 heteroatoms. The van der Waals surface area contributed by atoms with Crippen LogP contribution in [0.1, 0.15) is 19.3 Å². The van der Waals surface area contributed by atoms with Crippen LogP contribution in [0.25, 0.3) is 11.5 Å². The third-order valence-corrected chi connectivity index (χ3v) is 5.49. The molecule has 0 radical (unpaired) electrons. The van der Waals surface area contributed by atoms with E-state index in [2.05, 4.69) is 15.5 Å². The maximum atomic E-state index is 11.8. The number of rotatable bonds is 4. The molecule has 1 aromatic heterocycles. The predicted molar refractivity (Wildman–Crippen MR) is 79.6 cm³/mol. The van der Waals surface area contributed by atoms with Crippen LogP contribution >= 0.6 is 0 Å². The van der Waals surface area contributed by atoms with E-state index in [0.717, 1.165) is 30.5 Å². The van der Waals surface area contributed by atoms with Gasteiger partial charge < -0.3 is 9.73 Å². The van der Waals surface area contributed by atoms with Crippen molar-refractivity contribution in [1.29, 1.82) is 0 Å². The second kappa shape index (κ2) is 5.48. The van der Waals surface area contributed by atoms with Crippen molar-refractivity contribution in [1.82, 2.24) is 10.2 Å². The van der Waals surface area contributed by atoms with Gasteiger partial charge in [-0.15, -0.1) is 10.2 Å². The van der Waals surface area contributed by atoms with E-state index in [1.54, 1.807) is 0 Å². The fourth-order valence-corrected chi connectivity index (χ4v) is 4.25. The van der Waals surface area contributed by atoms with E-state index in [0.29, 0.717) is 5.89 Å². The Hall–Kier alpha value is -1.89. The minimum atomic E-state index is -3.03. The van der Waals surface area contributed by atoms with Gasteiger partial charge in [0.05, 0.1) is 5.25 Å². The van der Waals surface area contributed by atoms with Gasteiger partial charge >= 0.3 is 0 Å². The summed E-state index contributed by atoms with van der Waals surface area (Å²) in [6.45, 7) is 0. The summed E-state index contributed by atoms with van der Waals surface area (Å²) in [5.74, 6) is 0.449. The van der Waals surface area contributed by atoms with E-state index in [1.165, 1.54) is 12.6 Å². The van der Waals surface area contributed by atoms with Gasteiger partial charge in [0.2, 0.25) is 12.3 Å². The third kappa shape index (κ3) is 3.07. The Labute approximate surface area is 123 Å². The molecule has 0 aliphatic heterocycles. The monoisotopic (exact) mass is 307 g/mol. The van der Waals surface area contributed by atoms with E-state index in [9.17, 15) is 8.42 Å². The Balaban J connectivity index is 1.81. The lowest BCUT2D eigenvalue weighted by Gasteiger charge is -2.20. The number of aromatic nitrogens is 2. The summed E-state index contributed by atoms with van der Waals surface area (Å²) in [6, 6.07) is 7.52. The molecule has 2 atom stereocenters. The molecule has 1 aliphatic rings. The minimum Gasteiger partial charge on any atom is -0.423 e. The van der Waals surface area contributed by atoms with E-state index in [1.807, 2.05) is 24.3 Å².